The van der Waals surface area contributed by atoms with Gasteiger partial charge in [-0.25, -0.2) is 0 Å². The fourth-order valence-corrected chi connectivity index (χ4v) is 3.02. The second kappa shape index (κ2) is 10.6. The zero-order chi connectivity index (χ0) is 15.8. The van der Waals surface area contributed by atoms with Crippen molar-refractivity contribution in [2.24, 2.45) is 5.92 Å². The van der Waals surface area contributed by atoms with Crippen LogP contribution in [0.5, 0.6) is 0 Å². The molecular weight excluding hydrogens is 310 g/mol. The highest BCUT2D eigenvalue weighted by atomic mass is 35.5. The minimum absolute atomic E-state index is 0. The summed E-state index contributed by atoms with van der Waals surface area (Å²) in [7, 11) is 0. The molecule has 0 radical (unpaired) electrons. The Morgan fingerprint density at radius 1 is 1.26 bits per heavy atom. The lowest BCUT2D eigenvalue weighted by molar-refractivity contribution is -0.123. The summed E-state index contributed by atoms with van der Waals surface area (Å²) in [4.78, 5) is 15.0. The van der Waals surface area contributed by atoms with Gasteiger partial charge < -0.3 is 10.6 Å². The number of hydrogen-bond donors (Lipinski definition) is 2. The fraction of sp³-hybridized carbons (Fsp3) is 0.611. The van der Waals surface area contributed by atoms with Gasteiger partial charge in [-0.05, 0) is 11.5 Å². The Balaban J connectivity index is 0.00000264. The smallest absolute Gasteiger partial charge is 0.227 e. The molecule has 2 N–H and O–H groups in total. The van der Waals surface area contributed by atoms with Crippen LogP contribution in [0.2, 0.25) is 0 Å². The number of carbonyl (C=O) groups excluding carboxylic acids is 1. The SMILES string of the molecule is CCC(C)C(C(=O)NCCN1CCNCC1)c1ccccc1.Cl. The van der Waals surface area contributed by atoms with Crippen LogP contribution >= 0.6 is 12.4 Å². The minimum Gasteiger partial charge on any atom is -0.354 e. The third-order valence-corrected chi connectivity index (χ3v) is 4.59. The second-order valence-corrected chi connectivity index (χ2v) is 6.16. The lowest BCUT2D eigenvalue weighted by Crippen LogP contribution is -2.46. The van der Waals surface area contributed by atoms with Gasteiger partial charge in [0.15, 0.2) is 0 Å². The Morgan fingerprint density at radius 3 is 2.52 bits per heavy atom. The van der Waals surface area contributed by atoms with Crippen molar-refractivity contribution in [1.29, 1.82) is 0 Å². The normalized spacial score (nSPS) is 17.8. The summed E-state index contributed by atoms with van der Waals surface area (Å²) < 4.78 is 0. The summed E-state index contributed by atoms with van der Waals surface area (Å²) in [5, 5.41) is 6.49. The molecule has 1 heterocycles. The molecule has 0 saturated carbocycles. The van der Waals surface area contributed by atoms with Crippen molar-refractivity contribution >= 4 is 18.3 Å². The van der Waals surface area contributed by atoms with Crippen LogP contribution in [0.15, 0.2) is 30.3 Å². The van der Waals surface area contributed by atoms with Crippen LogP contribution in [-0.2, 0) is 4.79 Å². The van der Waals surface area contributed by atoms with Crippen molar-refractivity contribution in [3.8, 4) is 0 Å². The van der Waals surface area contributed by atoms with E-state index in [4.69, 9.17) is 0 Å². The van der Waals surface area contributed by atoms with Crippen molar-refractivity contribution in [2.75, 3.05) is 39.3 Å². The van der Waals surface area contributed by atoms with Gasteiger partial charge in [-0.1, -0.05) is 50.6 Å². The molecule has 1 aromatic rings. The summed E-state index contributed by atoms with van der Waals surface area (Å²) in [6, 6.07) is 10.1. The van der Waals surface area contributed by atoms with Gasteiger partial charge in [0.1, 0.15) is 0 Å². The highest BCUT2D eigenvalue weighted by molar-refractivity contribution is 5.85. The molecule has 2 rings (SSSR count). The molecule has 1 aliphatic rings. The number of halogens is 1. The lowest BCUT2D eigenvalue weighted by atomic mass is 9.85. The van der Waals surface area contributed by atoms with Gasteiger partial charge in [0, 0.05) is 39.3 Å². The zero-order valence-electron chi connectivity index (χ0n) is 14.3. The van der Waals surface area contributed by atoms with Gasteiger partial charge in [0.05, 0.1) is 5.92 Å². The van der Waals surface area contributed by atoms with E-state index < -0.39 is 0 Å². The van der Waals surface area contributed by atoms with E-state index in [1.54, 1.807) is 0 Å². The van der Waals surface area contributed by atoms with E-state index in [2.05, 4.69) is 41.5 Å². The number of amides is 1. The first-order valence-electron chi connectivity index (χ1n) is 8.48. The van der Waals surface area contributed by atoms with Gasteiger partial charge in [-0.15, -0.1) is 12.4 Å². The highest BCUT2D eigenvalue weighted by Gasteiger charge is 2.25. The van der Waals surface area contributed by atoms with Gasteiger partial charge in [0.2, 0.25) is 5.91 Å². The Kier molecular flexibility index (Phi) is 9.22. The number of piperazine rings is 1. The highest BCUT2D eigenvalue weighted by Crippen LogP contribution is 2.26. The first-order chi connectivity index (χ1) is 10.7. The van der Waals surface area contributed by atoms with Crippen molar-refractivity contribution in [2.45, 2.75) is 26.2 Å². The Morgan fingerprint density at radius 2 is 1.91 bits per heavy atom. The van der Waals surface area contributed by atoms with Crippen LogP contribution in [-0.4, -0.2) is 50.1 Å². The van der Waals surface area contributed by atoms with E-state index >= 15 is 0 Å². The molecule has 1 amide bonds. The third kappa shape index (κ3) is 6.13. The molecule has 0 spiro atoms. The molecule has 1 aliphatic heterocycles. The molecule has 1 fully saturated rings. The van der Waals surface area contributed by atoms with Crippen molar-refractivity contribution in [1.82, 2.24) is 15.5 Å². The van der Waals surface area contributed by atoms with Crippen LogP contribution in [0.25, 0.3) is 0 Å². The monoisotopic (exact) mass is 339 g/mol. The lowest BCUT2D eigenvalue weighted by Gasteiger charge is -2.28. The van der Waals surface area contributed by atoms with Crippen LogP contribution in [0, 0.1) is 5.92 Å². The second-order valence-electron chi connectivity index (χ2n) is 6.16. The molecule has 5 heteroatoms. The van der Waals surface area contributed by atoms with Crippen molar-refractivity contribution in [3.05, 3.63) is 35.9 Å². The predicted molar refractivity (Wildman–Crippen MR) is 98.2 cm³/mol. The third-order valence-electron chi connectivity index (χ3n) is 4.59. The summed E-state index contributed by atoms with van der Waals surface area (Å²) >= 11 is 0. The van der Waals surface area contributed by atoms with E-state index in [1.807, 2.05) is 18.2 Å². The molecule has 4 nitrogen and oxygen atoms in total. The maximum absolute atomic E-state index is 12.6. The molecule has 2 atom stereocenters. The topological polar surface area (TPSA) is 44.4 Å². The van der Waals surface area contributed by atoms with Gasteiger partial charge in [0.25, 0.3) is 0 Å². The molecule has 130 valence electrons. The largest absolute Gasteiger partial charge is 0.354 e. The average molecular weight is 340 g/mol. The van der Waals surface area contributed by atoms with Gasteiger partial charge in [-0.3, -0.25) is 9.69 Å². The maximum Gasteiger partial charge on any atom is 0.227 e. The molecule has 1 saturated heterocycles. The van der Waals surface area contributed by atoms with Crippen LogP contribution in [0.1, 0.15) is 31.7 Å². The summed E-state index contributed by atoms with van der Waals surface area (Å²) in [6.07, 6.45) is 1.00. The average Bonchev–Trinajstić information content (AvgIpc) is 2.57. The van der Waals surface area contributed by atoms with Crippen LogP contribution in [0.3, 0.4) is 0 Å². The Labute approximate surface area is 146 Å². The van der Waals surface area contributed by atoms with Crippen molar-refractivity contribution < 1.29 is 4.79 Å². The summed E-state index contributed by atoms with van der Waals surface area (Å²) in [5.41, 5.74) is 1.12. The number of benzene rings is 1. The van der Waals surface area contributed by atoms with E-state index in [0.717, 1.165) is 51.3 Å². The molecule has 0 aliphatic carbocycles. The molecule has 2 unspecified atom stereocenters. The first-order valence-corrected chi connectivity index (χ1v) is 8.48. The molecule has 1 aromatic carbocycles. The van der Waals surface area contributed by atoms with Gasteiger partial charge >= 0.3 is 0 Å². The fourth-order valence-electron chi connectivity index (χ4n) is 3.02. The molecule has 0 aromatic heterocycles. The zero-order valence-corrected chi connectivity index (χ0v) is 15.1. The quantitative estimate of drug-likeness (QED) is 0.801. The Bertz CT molecular complexity index is 449. The van der Waals surface area contributed by atoms with E-state index in [9.17, 15) is 4.79 Å². The Hall–Kier alpha value is -1.10. The van der Waals surface area contributed by atoms with Crippen molar-refractivity contribution in [3.63, 3.8) is 0 Å². The van der Waals surface area contributed by atoms with Gasteiger partial charge in [-0.2, -0.15) is 0 Å². The number of nitrogens with one attached hydrogen (secondary N) is 2. The number of nitrogens with zero attached hydrogens (tertiary/aromatic N) is 1. The standard InChI is InChI=1S/C18H29N3O.ClH/c1-3-15(2)17(16-7-5-4-6-8-16)18(22)20-11-14-21-12-9-19-10-13-21;/h4-8,15,17,19H,3,9-14H2,1-2H3,(H,20,22);1H. The first kappa shape index (κ1) is 19.9. The maximum atomic E-state index is 12.6. The van der Waals surface area contributed by atoms with Crippen LogP contribution < -0.4 is 10.6 Å². The molecule has 0 bridgehead atoms. The van der Waals surface area contributed by atoms with E-state index in [1.165, 1.54) is 0 Å². The number of carbonyl (C=O) groups is 1. The van der Waals surface area contributed by atoms with E-state index in [0.29, 0.717) is 5.92 Å². The minimum atomic E-state index is -0.0470. The molecule has 23 heavy (non-hydrogen) atoms. The van der Waals surface area contributed by atoms with E-state index in [-0.39, 0.29) is 24.2 Å². The molecular formula is C18H30ClN3O. The predicted octanol–water partition coefficient (Wildman–Crippen LogP) is 2.26. The number of hydrogen-bond acceptors (Lipinski definition) is 3. The summed E-state index contributed by atoms with van der Waals surface area (Å²) in [6.45, 7) is 10.2. The van der Waals surface area contributed by atoms with Crippen LogP contribution in [0.4, 0.5) is 0 Å². The summed E-state index contributed by atoms with van der Waals surface area (Å²) in [5.74, 6) is 0.464. The number of rotatable bonds is 7.